The Morgan fingerprint density at radius 1 is 1.30 bits per heavy atom. The molecule has 0 aliphatic heterocycles. The highest BCUT2D eigenvalue weighted by atomic mass is 16.5. The molecule has 1 aliphatic rings. The number of ether oxygens (including phenoxy) is 1. The van der Waals surface area contributed by atoms with Crippen LogP contribution in [0.5, 0.6) is 5.88 Å². The van der Waals surface area contributed by atoms with Gasteiger partial charge in [-0.1, -0.05) is 38.7 Å². The van der Waals surface area contributed by atoms with Crippen molar-refractivity contribution in [3.8, 4) is 5.88 Å². The molecule has 2 rings (SSSR count). The van der Waals surface area contributed by atoms with Crippen LogP contribution >= 0.6 is 0 Å². The van der Waals surface area contributed by atoms with Gasteiger partial charge in [0.05, 0.1) is 7.11 Å². The highest BCUT2D eigenvalue weighted by Gasteiger charge is 2.18. The Labute approximate surface area is 123 Å². The molecule has 2 atom stereocenters. The number of nitrogens with zero attached hydrogens (tertiary/aromatic N) is 1. The minimum atomic E-state index is 0.654. The van der Waals surface area contributed by atoms with Crippen molar-refractivity contribution in [3.63, 3.8) is 0 Å². The first kappa shape index (κ1) is 15.3. The molecule has 0 spiro atoms. The predicted octanol–water partition coefficient (Wildman–Crippen LogP) is 3.93. The Bertz CT molecular complexity index is 394. The maximum atomic E-state index is 5.31. The highest BCUT2D eigenvalue weighted by Crippen LogP contribution is 2.27. The van der Waals surface area contributed by atoms with Gasteiger partial charge in [0.15, 0.2) is 0 Å². The molecule has 0 aromatic carbocycles. The van der Waals surface area contributed by atoms with E-state index in [0.29, 0.717) is 6.04 Å². The summed E-state index contributed by atoms with van der Waals surface area (Å²) in [5, 5.41) is 3.70. The van der Waals surface area contributed by atoms with Gasteiger partial charge < -0.3 is 10.1 Å². The van der Waals surface area contributed by atoms with E-state index >= 15 is 0 Å². The summed E-state index contributed by atoms with van der Waals surface area (Å²) in [6, 6.07) is 4.72. The molecule has 0 amide bonds. The van der Waals surface area contributed by atoms with Crippen molar-refractivity contribution in [3.05, 3.63) is 23.9 Å². The minimum Gasteiger partial charge on any atom is -0.481 e. The van der Waals surface area contributed by atoms with E-state index in [9.17, 15) is 0 Å². The molecule has 1 fully saturated rings. The monoisotopic (exact) mass is 276 g/mol. The van der Waals surface area contributed by atoms with Gasteiger partial charge in [-0.05, 0) is 31.2 Å². The Kier molecular flexibility index (Phi) is 6.31. The van der Waals surface area contributed by atoms with Gasteiger partial charge in [-0.15, -0.1) is 0 Å². The van der Waals surface area contributed by atoms with Crippen molar-refractivity contribution < 1.29 is 4.74 Å². The van der Waals surface area contributed by atoms with E-state index in [4.69, 9.17) is 4.74 Å². The first-order valence-corrected chi connectivity index (χ1v) is 8.04. The Hall–Kier alpha value is -1.09. The normalized spacial score (nSPS) is 23.3. The van der Waals surface area contributed by atoms with Crippen LogP contribution < -0.4 is 10.1 Å². The summed E-state index contributed by atoms with van der Waals surface area (Å²) in [4.78, 5) is 4.25. The fraction of sp³-hybridized carbons (Fsp3) is 0.706. The topological polar surface area (TPSA) is 34.2 Å². The summed E-state index contributed by atoms with van der Waals surface area (Å²) in [5.74, 6) is 1.71. The van der Waals surface area contributed by atoms with Crippen LogP contribution in [-0.4, -0.2) is 18.1 Å². The number of nitrogens with one attached hydrogen (secondary N) is 1. The van der Waals surface area contributed by atoms with E-state index in [-0.39, 0.29) is 0 Å². The van der Waals surface area contributed by atoms with Crippen LogP contribution in [0.1, 0.15) is 57.4 Å². The number of hydrogen-bond acceptors (Lipinski definition) is 3. The summed E-state index contributed by atoms with van der Waals surface area (Å²) < 4.78 is 5.31. The number of methoxy groups -OCH3 is 1. The molecule has 0 radical (unpaired) electrons. The molecule has 0 saturated heterocycles. The van der Waals surface area contributed by atoms with Crippen molar-refractivity contribution in [2.75, 3.05) is 7.11 Å². The zero-order chi connectivity index (χ0) is 14.2. The Balaban J connectivity index is 1.82. The van der Waals surface area contributed by atoms with Gasteiger partial charge in [0.2, 0.25) is 5.88 Å². The van der Waals surface area contributed by atoms with Gasteiger partial charge in [-0.3, -0.25) is 0 Å². The molecule has 2 unspecified atom stereocenters. The van der Waals surface area contributed by atoms with Gasteiger partial charge in [0.25, 0.3) is 0 Å². The SMILES string of the molecule is CCCC1CCCC(NCc2cccnc2OC)CC1. The summed E-state index contributed by atoms with van der Waals surface area (Å²) in [6.07, 6.45) is 11.3. The van der Waals surface area contributed by atoms with Gasteiger partial charge in [0.1, 0.15) is 0 Å². The maximum Gasteiger partial charge on any atom is 0.217 e. The number of rotatable bonds is 6. The predicted molar refractivity (Wildman–Crippen MR) is 82.9 cm³/mol. The van der Waals surface area contributed by atoms with Crippen LogP contribution in [0.3, 0.4) is 0 Å². The van der Waals surface area contributed by atoms with Gasteiger partial charge >= 0.3 is 0 Å². The summed E-state index contributed by atoms with van der Waals surface area (Å²) in [7, 11) is 1.69. The Morgan fingerprint density at radius 2 is 2.20 bits per heavy atom. The molecule has 1 aromatic heterocycles. The van der Waals surface area contributed by atoms with E-state index in [1.54, 1.807) is 13.3 Å². The smallest absolute Gasteiger partial charge is 0.217 e. The first-order valence-electron chi connectivity index (χ1n) is 8.04. The van der Waals surface area contributed by atoms with Crippen molar-refractivity contribution in [1.29, 1.82) is 0 Å². The van der Waals surface area contributed by atoms with Crippen LogP contribution in [-0.2, 0) is 6.54 Å². The molecule has 1 heterocycles. The van der Waals surface area contributed by atoms with Crippen molar-refractivity contribution in [2.24, 2.45) is 5.92 Å². The fourth-order valence-electron chi connectivity index (χ4n) is 3.28. The number of pyridine rings is 1. The molecule has 20 heavy (non-hydrogen) atoms. The molecule has 112 valence electrons. The molecule has 0 bridgehead atoms. The van der Waals surface area contributed by atoms with Crippen molar-refractivity contribution in [1.82, 2.24) is 10.3 Å². The maximum absolute atomic E-state index is 5.31. The van der Waals surface area contributed by atoms with Crippen LogP contribution in [0.25, 0.3) is 0 Å². The average molecular weight is 276 g/mol. The fourth-order valence-corrected chi connectivity index (χ4v) is 3.28. The third kappa shape index (κ3) is 4.48. The molecule has 1 aromatic rings. The second kappa shape index (κ2) is 8.25. The lowest BCUT2D eigenvalue weighted by Gasteiger charge is -2.17. The lowest BCUT2D eigenvalue weighted by Crippen LogP contribution is -2.28. The molecule has 1 saturated carbocycles. The third-order valence-corrected chi connectivity index (χ3v) is 4.41. The van der Waals surface area contributed by atoms with Crippen LogP contribution in [0.15, 0.2) is 18.3 Å². The van der Waals surface area contributed by atoms with E-state index in [0.717, 1.165) is 23.9 Å². The molecule has 1 aliphatic carbocycles. The van der Waals surface area contributed by atoms with Crippen LogP contribution in [0, 0.1) is 5.92 Å². The zero-order valence-electron chi connectivity index (χ0n) is 12.9. The second-order valence-corrected chi connectivity index (χ2v) is 5.91. The minimum absolute atomic E-state index is 0.654. The van der Waals surface area contributed by atoms with Crippen LogP contribution in [0.4, 0.5) is 0 Å². The molecule has 3 nitrogen and oxygen atoms in total. The van der Waals surface area contributed by atoms with Gasteiger partial charge in [-0.2, -0.15) is 0 Å². The molecule has 3 heteroatoms. The van der Waals surface area contributed by atoms with E-state index in [2.05, 4.69) is 23.3 Å². The third-order valence-electron chi connectivity index (χ3n) is 4.41. The van der Waals surface area contributed by atoms with Crippen molar-refractivity contribution in [2.45, 2.75) is 64.5 Å². The summed E-state index contributed by atoms with van der Waals surface area (Å²) in [6.45, 7) is 3.16. The van der Waals surface area contributed by atoms with Gasteiger partial charge in [0, 0.05) is 24.3 Å². The van der Waals surface area contributed by atoms with E-state index in [1.165, 1.54) is 44.9 Å². The number of aromatic nitrogens is 1. The quantitative estimate of drug-likeness (QED) is 0.799. The average Bonchev–Trinajstić information content (AvgIpc) is 2.71. The standard InChI is InChI=1S/C17H28N2O/c1-3-6-14-7-4-9-16(11-10-14)19-13-15-8-5-12-18-17(15)20-2/h5,8,12,14,16,19H,3-4,6-7,9-11,13H2,1-2H3. The summed E-state index contributed by atoms with van der Waals surface area (Å²) in [5.41, 5.74) is 1.16. The van der Waals surface area contributed by atoms with Gasteiger partial charge in [-0.25, -0.2) is 4.98 Å². The Morgan fingerprint density at radius 3 is 3.00 bits per heavy atom. The summed E-state index contributed by atoms with van der Waals surface area (Å²) >= 11 is 0. The van der Waals surface area contributed by atoms with Crippen molar-refractivity contribution >= 4 is 0 Å². The van der Waals surface area contributed by atoms with Crippen LogP contribution in [0.2, 0.25) is 0 Å². The second-order valence-electron chi connectivity index (χ2n) is 5.91. The molecular weight excluding hydrogens is 248 g/mol. The largest absolute Gasteiger partial charge is 0.481 e. The van der Waals surface area contributed by atoms with E-state index < -0.39 is 0 Å². The first-order chi connectivity index (χ1) is 9.83. The lowest BCUT2D eigenvalue weighted by molar-refractivity contribution is 0.383. The zero-order valence-corrected chi connectivity index (χ0v) is 12.9. The molecular formula is C17H28N2O. The highest BCUT2D eigenvalue weighted by molar-refractivity contribution is 5.25. The number of hydrogen-bond donors (Lipinski definition) is 1. The molecule has 1 N–H and O–H groups in total. The lowest BCUT2D eigenvalue weighted by atomic mass is 9.95. The van der Waals surface area contributed by atoms with E-state index in [1.807, 2.05) is 6.07 Å².